The SMILES string of the molecule is COc1ccc(NS(=O)(=O)c2cc(NC(=O)C3CC(c4ccc(C)cc4)NN3)ccc2OC)cc1. The second kappa shape index (κ2) is 10.3. The number of ether oxygens (including phenoxy) is 2. The molecule has 0 saturated carbocycles. The second-order valence-electron chi connectivity index (χ2n) is 8.23. The first-order valence-electron chi connectivity index (χ1n) is 11.0. The van der Waals surface area contributed by atoms with E-state index in [1.807, 2.05) is 31.2 Å². The molecule has 0 aliphatic carbocycles. The number of amides is 1. The Labute approximate surface area is 204 Å². The number of hydrazine groups is 1. The van der Waals surface area contributed by atoms with E-state index < -0.39 is 16.1 Å². The van der Waals surface area contributed by atoms with E-state index in [1.165, 1.54) is 31.9 Å². The van der Waals surface area contributed by atoms with Gasteiger partial charge in [-0.1, -0.05) is 29.8 Å². The Bertz CT molecular complexity index is 1290. The highest BCUT2D eigenvalue weighted by Crippen LogP contribution is 2.30. The molecule has 10 heteroatoms. The van der Waals surface area contributed by atoms with Crippen LogP contribution in [0.5, 0.6) is 11.5 Å². The summed E-state index contributed by atoms with van der Waals surface area (Å²) in [4.78, 5) is 12.8. The monoisotopic (exact) mass is 496 g/mol. The number of methoxy groups -OCH3 is 2. The lowest BCUT2D eigenvalue weighted by atomic mass is 10.0. The lowest BCUT2D eigenvalue weighted by Crippen LogP contribution is -2.39. The summed E-state index contributed by atoms with van der Waals surface area (Å²) in [5.74, 6) is 0.489. The Morgan fingerprint density at radius 2 is 1.60 bits per heavy atom. The van der Waals surface area contributed by atoms with Gasteiger partial charge in [-0.25, -0.2) is 19.3 Å². The largest absolute Gasteiger partial charge is 0.497 e. The van der Waals surface area contributed by atoms with Gasteiger partial charge in [0, 0.05) is 17.4 Å². The number of hydrogen-bond acceptors (Lipinski definition) is 7. The minimum atomic E-state index is -4.00. The Kier molecular flexibility index (Phi) is 7.25. The van der Waals surface area contributed by atoms with Crippen molar-refractivity contribution >= 4 is 27.3 Å². The lowest BCUT2D eigenvalue weighted by Gasteiger charge is -2.15. The molecule has 1 heterocycles. The van der Waals surface area contributed by atoms with Crippen LogP contribution in [0.1, 0.15) is 23.6 Å². The van der Waals surface area contributed by atoms with E-state index in [0.29, 0.717) is 23.5 Å². The summed E-state index contributed by atoms with van der Waals surface area (Å²) in [6.07, 6.45) is 0.551. The zero-order valence-corrected chi connectivity index (χ0v) is 20.5. The maximum atomic E-state index is 13.1. The first kappa shape index (κ1) is 24.5. The first-order chi connectivity index (χ1) is 16.8. The number of hydrogen-bond donors (Lipinski definition) is 4. The van der Waals surface area contributed by atoms with Gasteiger partial charge in [-0.05, 0) is 61.4 Å². The van der Waals surface area contributed by atoms with Crippen molar-refractivity contribution in [1.82, 2.24) is 10.9 Å². The molecule has 0 radical (unpaired) electrons. The van der Waals surface area contributed by atoms with Gasteiger partial charge in [-0.2, -0.15) is 0 Å². The summed E-state index contributed by atoms with van der Waals surface area (Å²) in [7, 11) is -1.08. The Morgan fingerprint density at radius 3 is 2.26 bits per heavy atom. The first-order valence-corrected chi connectivity index (χ1v) is 12.5. The standard InChI is InChI=1S/C25H28N4O5S/c1-16-4-6-17(7-5-16)21-15-22(28-27-21)25(30)26-19-10-13-23(34-3)24(14-19)35(31,32)29-18-8-11-20(33-2)12-9-18/h4-14,21-22,27-29H,15H2,1-3H3,(H,26,30). The summed E-state index contributed by atoms with van der Waals surface area (Å²) in [6.45, 7) is 2.02. The fourth-order valence-corrected chi connectivity index (χ4v) is 5.06. The third-order valence-electron chi connectivity index (χ3n) is 5.76. The molecular weight excluding hydrogens is 468 g/mol. The van der Waals surface area contributed by atoms with Gasteiger partial charge in [0.2, 0.25) is 5.91 Å². The molecule has 4 rings (SSSR count). The van der Waals surface area contributed by atoms with E-state index >= 15 is 0 Å². The van der Waals surface area contributed by atoms with E-state index in [1.54, 1.807) is 30.3 Å². The lowest BCUT2D eigenvalue weighted by molar-refractivity contribution is -0.117. The van der Waals surface area contributed by atoms with Crippen molar-refractivity contribution < 1.29 is 22.7 Å². The number of benzene rings is 3. The number of carbonyl (C=O) groups is 1. The number of sulfonamides is 1. The average molecular weight is 497 g/mol. The van der Waals surface area contributed by atoms with Gasteiger partial charge >= 0.3 is 0 Å². The van der Waals surface area contributed by atoms with Crippen LogP contribution in [0.25, 0.3) is 0 Å². The summed E-state index contributed by atoms with van der Waals surface area (Å²) in [6, 6.07) is 18.6. The van der Waals surface area contributed by atoms with Gasteiger partial charge in [0.1, 0.15) is 22.4 Å². The van der Waals surface area contributed by atoms with Crippen molar-refractivity contribution in [3.63, 3.8) is 0 Å². The number of anilines is 2. The number of rotatable bonds is 8. The van der Waals surface area contributed by atoms with Crippen LogP contribution in [0.3, 0.4) is 0 Å². The van der Waals surface area contributed by atoms with Gasteiger partial charge in [-0.3, -0.25) is 9.52 Å². The van der Waals surface area contributed by atoms with Gasteiger partial charge < -0.3 is 14.8 Å². The van der Waals surface area contributed by atoms with Gasteiger partial charge in [0.05, 0.1) is 14.2 Å². The Hall–Kier alpha value is -3.60. The summed E-state index contributed by atoms with van der Waals surface area (Å²) < 4.78 is 39.1. The molecule has 3 aromatic rings. The van der Waals surface area contributed by atoms with E-state index in [0.717, 1.165) is 5.56 Å². The normalized spacial score (nSPS) is 17.6. The van der Waals surface area contributed by atoms with E-state index in [-0.39, 0.29) is 22.6 Å². The van der Waals surface area contributed by atoms with Crippen LogP contribution in [-0.2, 0) is 14.8 Å². The minimum Gasteiger partial charge on any atom is -0.497 e. The van der Waals surface area contributed by atoms with Crippen molar-refractivity contribution in [3.05, 3.63) is 77.9 Å². The quantitative estimate of drug-likeness (QED) is 0.378. The zero-order chi connectivity index (χ0) is 25.0. The van der Waals surface area contributed by atoms with Crippen molar-refractivity contribution in [3.8, 4) is 11.5 Å². The molecule has 2 atom stereocenters. The average Bonchev–Trinajstić information content (AvgIpc) is 3.35. The zero-order valence-electron chi connectivity index (χ0n) is 19.7. The molecule has 1 aliphatic heterocycles. The molecule has 0 aromatic heterocycles. The molecule has 4 N–H and O–H groups in total. The smallest absolute Gasteiger partial charge is 0.265 e. The van der Waals surface area contributed by atoms with Crippen molar-refractivity contribution in [1.29, 1.82) is 0 Å². The molecule has 1 amide bonds. The summed E-state index contributed by atoms with van der Waals surface area (Å²) in [5, 5.41) is 2.80. The third-order valence-corrected chi connectivity index (χ3v) is 7.16. The molecule has 35 heavy (non-hydrogen) atoms. The van der Waals surface area contributed by atoms with Crippen molar-refractivity contribution in [2.24, 2.45) is 0 Å². The van der Waals surface area contributed by atoms with Gasteiger partial charge in [-0.15, -0.1) is 0 Å². The minimum absolute atomic E-state index is 0.00754. The van der Waals surface area contributed by atoms with E-state index in [4.69, 9.17) is 9.47 Å². The fraction of sp³-hybridized carbons (Fsp3) is 0.240. The fourth-order valence-electron chi connectivity index (χ4n) is 3.81. The van der Waals surface area contributed by atoms with Crippen LogP contribution in [0.2, 0.25) is 0 Å². The highest BCUT2D eigenvalue weighted by atomic mass is 32.2. The molecule has 0 bridgehead atoms. The predicted molar refractivity (Wildman–Crippen MR) is 134 cm³/mol. The van der Waals surface area contributed by atoms with Gasteiger partial charge in [0.15, 0.2) is 0 Å². The van der Waals surface area contributed by atoms with Crippen LogP contribution >= 0.6 is 0 Å². The molecule has 9 nitrogen and oxygen atoms in total. The van der Waals surface area contributed by atoms with Crippen LogP contribution in [0.15, 0.2) is 71.6 Å². The predicted octanol–water partition coefficient (Wildman–Crippen LogP) is 3.36. The van der Waals surface area contributed by atoms with E-state index in [2.05, 4.69) is 20.9 Å². The molecule has 1 fully saturated rings. The maximum absolute atomic E-state index is 13.1. The second-order valence-corrected chi connectivity index (χ2v) is 9.88. The number of nitrogens with one attached hydrogen (secondary N) is 4. The Morgan fingerprint density at radius 1 is 0.914 bits per heavy atom. The topological polar surface area (TPSA) is 118 Å². The Balaban J connectivity index is 1.48. The highest BCUT2D eigenvalue weighted by molar-refractivity contribution is 7.92. The molecule has 1 saturated heterocycles. The molecule has 1 aliphatic rings. The molecule has 184 valence electrons. The molecule has 0 spiro atoms. The number of aryl methyl sites for hydroxylation is 1. The van der Waals surface area contributed by atoms with Crippen LogP contribution < -0.4 is 30.4 Å². The molecule has 2 unspecified atom stereocenters. The highest BCUT2D eigenvalue weighted by Gasteiger charge is 2.30. The third kappa shape index (κ3) is 5.73. The molecular formula is C25H28N4O5S. The van der Waals surface area contributed by atoms with Gasteiger partial charge in [0.25, 0.3) is 10.0 Å². The van der Waals surface area contributed by atoms with Crippen LogP contribution in [-0.4, -0.2) is 34.6 Å². The summed E-state index contributed by atoms with van der Waals surface area (Å²) >= 11 is 0. The van der Waals surface area contributed by atoms with Crippen molar-refractivity contribution in [2.75, 3.05) is 24.3 Å². The number of carbonyl (C=O) groups excluding carboxylic acids is 1. The van der Waals surface area contributed by atoms with Crippen LogP contribution in [0, 0.1) is 6.92 Å². The molecule has 3 aromatic carbocycles. The summed E-state index contributed by atoms with van der Waals surface area (Å²) in [5.41, 5.74) is 9.13. The van der Waals surface area contributed by atoms with Crippen molar-refractivity contribution in [2.45, 2.75) is 30.3 Å². The van der Waals surface area contributed by atoms with Crippen LogP contribution in [0.4, 0.5) is 11.4 Å². The maximum Gasteiger partial charge on any atom is 0.265 e. The van der Waals surface area contributed by atoms with E-state index in [9.17, 15) is 13.2 Å².